The number of thioether (sulfide) groups is 1. The molecule has 2 rings (SSSR count). The number of hydrogen-bond acceptors (Lipinski definition) is 5. The van der Waals surface area contributed by atoms with Crippen LogP contribution < -0.4 is 11.3 Å². The highest BCUT2D eigenvalue weighted by molar-refractivity contribution is 7.99. The van der Waals surface area contributed by atoms with E-state index in [0.29, 0.717) is 5.16 Å². The Morgan fingerprint density at radius 2 is 2.35 bits per heavy atom. The summed E-state index contributed by atoms with van der Waals surface area (Å²) < 4.78 is 0. The van der Waals surface area contributed by atoms with Crippen LogP contribution in [0.25, 0.3) is 0 Å². The molecule has 0 fully saturated rings. The third-order valence-corrected chi connectivity index (χ3v) is 4.94. The van der Waals surface area contributed by atoms with Crippen molar-refractivity contribution >= 4 is 23.1 Å². The molecule has 3 N–H and O–H groups in total. The number of aryl methyl sites for hydroxylation is 1. The predicted octanol–water partition coefficient (Wildman–Crippen LogP) is 2.96. The summed E-state index contributed by atoms with van der Waals surface area (Å²) in [5.74, 6) is 0. The Morgan fingerprint density at radius 1 is 1.55 bits per heavy atom. The lowest BCUT2D eigenvalue weighted by Crippen LogP contribution is -2.23. The van der Waals surface area contributed by atoms with Crippen molar-refractivity contribution in [2.75, 3.05) is 0 Å². The predicted molar refractivity (Wildman–Crippen MR) is 85.4 cm³/mol. The Balaban J connectivity index is 2.25. The Morgan fingerprint density at radius 3 is 2.95 bits per heavy atom. The summed E-state index contributed by atoms with van der Waals surface area (Å²) in [4.78, 5) is 19.0. The normalized spacial score (nSPS) is 14.2. The van der Waals surface area contributed by atoms with Gasteiger partial charge in [0.15, 0.2) is 5.16 Å². The second-order valence-electron chi connectivity index (χ2n) is 4.75. The summed E-state index contributed by atoms with van der Waals surface area (Å²) >= 11 is 3.17. The number of aromatic nitrogens is 2. The number of nitrogens with two attached hydrogens (primary N) is 1. The van der Waals surface area contributed by atoms with E-state index in [9.17, 15) is 4.79 Å². The number of aromatic amines is 1. The van der Waals surface area contributed by atoms with Gasteiger partial charge in [-0.25, -0.2) is 4.98 Å². The van der Waals surface area contributed by atoms with E-state index in [4.69, 9.17) is 5.73 Å². The maximum absolute atomic E-state index is 11.7. The smallest absolute Gasteiger partial charge is 0.251 e. The minimum Gasteiger partial charge on any atom is -0.327 e. The van der Waals surface area contributed by atoms with Gasteiger partial charge in [-0.3, -0.25) is 4.79 Å². The van der Waals surface area contributed by atoms with Gasteiger partial charge in [0.05, 0.1) is 5.25 Å². The average Bonchev–Trinajstić information content (AvgIpc) is 2.89. The topological polar surface area (TPSA) is 71.8 Å². The molecule has 0 saturated carbocycles. The molecular formula is C14H19N3OS2. The van der Waals surface area contributed by atoms with E-state index in [1.165, 1.54) is 17.3 Å². The van der Waals surface area contributed by atoms with Gasteiger partial charge in [0.25, 0.3) is 5.56 Å². The molecule has 0 aromatic carbocycles. The van der Waals surface area contributed by atoms with Crippen LogP contribution in [0.4, 0.5) is 0 Å². The molecule has 0 saturated heterocycles. The van der Waals surface area contributed by atoms with E-state index in [1.807, 2.05) is 12.3 Å². The lowest BCUT2D eigenvalue weighted by molar-refractivity contribution is 0.717. The van der Waals surface area contributed by atoms with Gasteiger partial charge in [0, 0.05) is 17.8 Å². The van der Waals surface area contributed by atoms with Crippen LogP contribution in [0.3, 0.4) is 0 Å². The summed E-state index contributed by atoms with van der Waals surface area (Å²) in [5, 5.41) is 4.87. The van der Waals surface area contributed by atoms with Gasteiger partial charge in [-0.2, -0.15) is 11.3 Å². The van der Waals surface area contributed by atoms with Crippen molar-refractivity contribution in [3.05, 3.63) is 44.5 Å². The van der Waals surface area contributed by atoms with Crippen LogP contribution in [-0.4, -0.2) is 16.0 Å². The van der Waals surface area contributed by atoms with Gasteiger partial charge in [0.2, 0.25) is 0 Å². The molecule has 0 radical (unpaired) electrons. The number of thiophene rings is 1. The summed E-state index contributed by atoms with van der Waals surface area (Å²) in [7, 11) is 0. The number of H-pyrrole nitrogens is 1. The monoisotopic (exact) mass is 309 g/mol. The van der Waals surface area contributed by atoms with Gasteiger partial charge >= 0.3 is 0 Å². The summed E-state index contributed by atoms with van der Waals surface area (Å²) in [6.45, 7) is 4.05. The fraction of sp³-hybridized carbons (Fsp3) is 0.429. The third kappa shape index (κ3) is 3.94. The molecule has 2 aromatic heterocycles. The van der Waals surface area contributed by atoms with Crippen LogP contribution >= 0.6 is 23.1 Å². The first kappa shape index (κ1) is 15.3. The molecule has 0 spiro atoms. The number of nitrogens with zero attached hydrogens (tertiary/aromatic N) is 1. The summed E-state index contributed by atoms with van der Waals surface area (Å²) in [6, 6.07) is 3.62. The fourth-order valence-corrected chi connectivity index (χ4v) is 3.81. The highest BCUT2D eigenvalue weighted by Gasteiger charge is 2.19. The van der Waals surface area contributed by atoms with Gasteiger partial charge in [0.1, 0.15) is 0 Å². The Hall–Kier alpha value is -1.11. The number of rotatable bonds is 6. The van der Waals surface area contributed by atoms with Crippen molar-refractivity contribution in [3.63, 3.8) is 0 Å². The van der Waals surface area contributed by atoms with E-state index in [0.717, 1.165) is 18.5 Å². The molecule has 6 heteroatoms. The second-order valence-corrected chi connectivity index (χ2v) is 6.66. The molecule has 2 heterocycles. The van der Waals surface area contributed by atoms with Crippen LogP contribution in [0.2, 0.25) is 0 Å². The molecule has 0 amide bonds. The van der Waals surface area contributed by atoms with Crippen molar-refractivity contribution in [1.82, 2.24) is 9.97 Å². The first-order valence-corrected chi connectivity index (χ1v) is 8.47. The molecule has 2 unspecified atom stereocenters. The SMILES string of the molecule is CCCc1cc(=O)[nH]c(SC(c2ccsc2)C(C)N)n1. The first-order valence-electron chi connectivity index (χ1n) is 6.64. The van der Waals surface area contributed by atoms with Crippen LogP contribution in [-0.2, 0) is 6.42 Å². The quantitative estimate of drug-likeness (QED) is 0.635. The second kappa shape index (κ2) is 7.06. The minimum absolute atomic E-state index is 0.0188. The molecule has 0 aliphatic heterocycles. The highest BCUT2D eigenvalue weighted by atomic mass is 32.2. The van der Waals surface area contributed by atoms with Gasteiger partial charge in [-0.1, -0.05) is 25.1 Å². The van der Waals surface area contributed by atoms with Crippen LogP contribution in [0, 0.1) is 0 Å². The zero-order valence-corrected chi connectivity index (χ0v) is 13.3. The minimum atomic E-state index is -0.0975. The highest BCUT2D eigenvalue weighted by Crippen LogP contribution is 2.36. The largest absolute Gasteiger partial charge is 0.327 e. The maximum atomic E-state index is 11.7. The van der Waals surface area contributed by atoms with E-state index < -0.39 is 0 Å². The van der Waals surface area contributed by atoms with Crippen molar-refractivity contribution in [1.29, 1.82) is 0 Å². The zero-order chi connectivity index (χ0) is 14.5. The van der Waals surface area contributed by atoms with E-state index in [2.05, 4.69) is 28.3 Å². The number of hydrogen-bond donors (Lipinski definition) is 2. The first-order chi connectivity index (χ1) is 9.60. The maximum Gasteiger partial charge on any atom is 0.251 e. The van der Waals surface area contributed by atoms with Crippen LogP contribution in [0.15, 0.2) is 32.8 Å². The van der Waals surface area contributed by atoms with Crippen molar-refractivity contribution in [2.24, 2.45) is 5.73 Å². The van der Waals surface area contributed by atoms with Gasteiger partial charge < -0.3 is 10.7 Å². The molecule has 0 aliphatic carbocycles. The zero-order valence-electron chi connectivity index (χ0n) is 11.6. The Labute approximate surface area is 126 Å². The van der Waals surface area contributed by atoms with Crippen LogP contribution in [0.5, 0.6) is 0 Å². The van der Waals surface area contributed by atoms with Crippen LogP contribution in [0.1, 0.15) is 36.8 Å². The van der Waals surface area contributed by atoms with Crippen molar-refractivity contribution < 1.29 is 0 Å². The third-order valence-electron chi connectivity index (χ3n) is 2.87. The molecule has 0 bridgehead atoms. The van der Waals surface area contributed by atoms with E-state index >= 15 is 0 Å². The molecule has 108 valence electrons. The van der Waals surface area contributed by atoms with Crippen molar-refractivity contribution in [3.8, 4) is 0 Å². The van der Waals surface area contributed by atoms with E-state index in [-0.39, 0.29) is 16.9 Å². The summed E-state index contributed by atoms with van der Waals surface area (Å²) in [5.41, 5.74) is 8.00. The molecular weight excluding hydrogens is 290 g/mol. The molecule has 2 atom stereocenters. The van der Waals surface area contributed by atoms with Gasteiger partial charge in [-0.05, 0) is 35.7 Å². The fourth-order valence-electron chi connectivity index (χ4n) is 1.96. The molecule has 2 aromatic rings. The lowest BCUT2D eigenvalue weighted by atomic mass is 10.1. The Bertz CT molecular complexity index is 593. The van der Waals surface area contributed by atoms with E-state index in [1.54, 1.807) is 17.4 Å². The summed E-state index contributed by atoms with van der Waals surface area (Å²) in [6.07, 6.45) is 1.79. The molecule has 20 heavy (non-hydrogen) atoms. The van der Waals surface area contributed by atoms with Gasteiger partial charge in [-0.15, -0.1) is 0 Å². The molecule has 0 aliphatic rings. The van der Waals surface area contributed by atoms with Crippen molar-refractivity contribution in [2.45, 2.75) is 43.1 Å². The number of nitrogens with one attached hydrogen (secondary N) is 1. The average molecular weight is 309 g/mol. The lowest BCUT2D eigenvalue weighted by Gasteiger charge is -2.18. The molecule has 4 nitrogen and oxygen atoms in total. The Kier molecular flexibility index (Phi) is 5.39. The standard InChI is InChI=1S/C14H19N3OS2/c1-3-4-11-7-12(18)17-14(16-11)20-13(9(2)15)10-5-6-19-8-10/h5-9,13H,3-4,15H2,1-2H3,(H,16,17,18).